The van der Waals surface area contributed by atoms with Crippen LogP contribution in [0.4, 0.5) is 4.79 Å². The van der Waals surface area contributed by atoms with E-state index in [0.717, 1.165) is 27.6 Å². The lowest BCUT2D eigenvalue weighted by atomic mass is 10.1. The summed E-state index contributed by atoms with van der Waals surface area (Å²) in [5.41, 5.74) is 1.07. The molecule has 29 heavy (non-hydrogen) atoms. The number of imide groups is 1. The highest BCUT2D eigenvalue weighted by Gasteiger charge is 2.36. The molecule has 2 aromatic carbocycles. The zero-order valence-electron chi connectivity index (χ0n) is 15.5. The Kier molecular flexibility index (Phi) is 7.16. The van der Waals surface area contributed by atoms with E-state index >= 15 is 0 Å². The molecule has 2 amide bonds. The number of carbonyl (C=O) groups excluding carboxylic acids is 3. The number of hydrogen-bond donors (Lipinski definition) is 0. The van der Waals surface area contributed by atoms with Gasteiger partial charge in [0.1, 0.15) is 5.75 Å². The summed E-state index contributed by atoms with van der Waals surface area (Å²) in [5, 5.41) is 0.0281. The lowest BCUT2D eigenvalue weighted by Crippen LogP contribution is -2.33. The summed E-state index contributed by atoms with van der Waals surface area (Å²) in [6.07, 6.45) is 2.46. The van der Waals surface area contributed by atoms with Crippen LogP contribution in [0.5, 0.6) is 5.75 Å². The number of Topliss-reactive ketones (excluding diaryl/α,β-unsaturated/α-hetero) is 1. The van der Waals surface area contributed by atoms with Crippen molar-refractivity contribution in [3.63, 3.8) is 0 Å². The number of ketones is 1. The predicted molar refractivity (Wildman–Crippen MR) is 118 cm³/mol. The van der Waals surface area contributed by atoms with Crippen molar-refractivity contribution in [1.82, 2.24) is 4.90 Å². The normalized spacial score (nSPS) is 15.3. The highest BCUT2D eigenvalue weighted by Crippen LogP contribution is 2.35. The van der Waals surface area contributed by atoms with Gasteiger partial charge in [0.25, 0.3) is 11.1 Å². The maximum Gasteiger partial charge on any atom is 0.293 e. The van der Waals surface area contributed by atoms with Gasteiger partial charge in [0, 0.05) is 20.6 Å². The minimum absolute atomic E-state index is 0.248. The van der Waals surface area contributed by atoms with Crippen LogP contribution in [0.15, 0.2) is 51.8 Å². The summed E-state index contributed by atoms with van der Waals surface area (Å²) in [5.74, 6) is -0.206. The number of halogens is 2. The van der Waals surface area contributed by atoms with Crippen LogP contribution in [0.2, 0.25) is 5.02 Å². The number of amides is 2. The first-order valence-corrected chi connectivity index (χ1v) is 10.8. The van der Waals surface area contributed by atoms with Crippen LogP contribution in [0.3, 0.4) is 0 Å². The van der Waals surface area contributed by atoms with Gasteiger partial charge < -0.3 is 4.74 Å². The van der Waals surface area contributed by atoms with Gasteiger partial charge in [-0.2, -0.15) is 0 Å². The number of nitrogens with zero attached hydrogens (tertiary/aromatic N) is 1. The minimum atomic E-state index is -0.497. The van der Waals surface area contributed by atoms with Gasteiger partial charge >= 0.3 is 0 Å². The summed E-state index contributed by atoms with van der Waals surface area (Å²) < 4.78 is 6.55. The summed E-state index contributed by atoms with van der Waals surface area (Å²) in [4.78, 5) is 38.7. The van der Waals surface area contributed by atoms with Gasteiger partial charge in [-0.3, -0.25) is 19.3 Å². The van der Waals surface area contributed by atoms with E-state index in [1.165, 1.54) is 0 Å². The lowest BCUT2D eigenvalue weighted by Gasteiger charge is -2.11. The Balaban J connectivity index is 1.80. The fraction of sp³-hybridized carbons (Fsp3) is 0.190. The molecule has 1 aliphatic heterocycles. The van der Waals surface area contributed by atoms with Gasteiger partial charge in [-0.15, -0.1) is 0 Å². The van der Waals surface area contributed by atoms with Crippen molar-refractivity contribution < 1.29 is 19.1 Å². The van der Waals surface area contributed by atoms with Gasteiger partial charge in [-0.25, -0.2) is 0 Å². The van der Waals surface area contributed by atoms with E-state index in [-0.39, 0.29) is 17.2 Å². The molecule has 0 unspecified atom stereocenters. The zero-order valence-corrected chi connectivity index (χ0v) is 18.6. The van der Waals surface area contributed by atoms with Crippen LogP contribution in [0.1, 0.15) is 29.3 Å². The third kappa shape index (κ3) is 5.29. The molecule has 0 atom stereocenters. The molecule has 0 radical (unpaired) electrons. The van der Waals surface area contributed by atoms with Crippen molar-refractivity contribution in [2.45, 2.75) is 13.3 Å². The molecule has 150 valence electrons. The number of carbonyl (C=O) groups is 3. The molecule has 1 aliphatic rings. The molecule has 0 bridgehead atoms. The summed E-state index contributed by atoms with van der Waals surface area (Å²) in [6, 6.07) is 11.8. The van der Waals surface area contributed by atoms with Gasteiger partial charge in [0.2, 0.25) is 0 Å². The van der Waals surface area contributed by atoms with Gasteiger partial charge in [-0.05, 0) is 66.7 Å². The molecule has 1 saturated heterocycles. The molecule has 0 spiro atoms. The minimum Gasteiger partial charge on any atom is -0.493 e. The van der Waals surface area contributed by atoms with E-state index < -0.39 is 11.1 Å². The molecule has 2 aromatic rings. The highest BCUT2D eigenvalue weighted by molar-refractivity contribution is 9.10. The van der Waals surface area contributed by atoms with Crippen LogP contribution >= 0.6 is 39.3 Å². The van der Waals surface area contributed by atoms with Crippen LogP contribution < -0.4 is 4.74 Å². The average Bonchev–Trinajstić information content (AvgIpc) is 2.95. The molecule has 0 saturated carbocycles. The SMILES string of the molecule is CCCOc1ccc(Br)cc1/C=C1/SC(=O)N(CC(=O)c2ccc(Cl)cc2)C1=O. The monoisotopic (exact) mass is 493 g/mol. The van der Waals surface area contributed by atoms with Gasteiger partial charge in [0.15, 0.2) is 5.78 Å². The molecule has 8 heteroatoms. The number of ether oxygens (including phenoxy) is 1. The fourth-order valence-electron chi connectivity index (χ4n) is 2.62. The Morgan fingerprint density at radius 2 is 1.93 bits per heavy atom. The van der Waals surface area contributed by atoms with Crippen LogP contribution in [0, 0.1) is 0 Å². The Labute approximate surface area is 186 Å². The summed E-state index contributed by atoms with van der Waals surface area (Å²) >= 11 is 10.0. The second kappa shape index (κ2) is 9.61. The molecule has 3 rings (SSSR count). The van der Waals surface area contributed by atoms with Crippen molar-refractivity contribution in [3.8, 4) is 5.75 Å². The number of benzene rings is 2. The van der Waals surface area contributed by atoms with Crippen molar-refractivity contribution in [1.29, 1.82) is 0 Å². The van der Waals surface area contributed by atoms with E-state index in [2.05, 4.69) is 15.9 Å². The highest BCUT2D eigenvalue weighted by atomic mass is 79.9. The van der Waals surface area contributed by atoms with Crippen molar-refractivity contribution in [2.24, 2.45) is 0 Å². The van der Waals surface area contributed by atoms with Gasteiger partial charge in [-0.1, -0.05) is 34.5 Å². The summed E-state index contributed by atoms with van der Waals surface area (Å²) in [6.45, 7) is 2.22. The van der Waals surface area contributed by atoms with E-state index in [4.69, 9.17) is 16.3 Å². The smallest absolute Gasteiger partial charge is 0.293 e. The van der Waals surface area contributed by atoms with Crippen molar-refractivity contribution in [3.05, 3.63) is 68.0 Å². The first kappa shape index (κ1) is 21.6. The zero-order chi connectivity index (χ0) is 21.0. The molecule has 1 fully saturated rings. The third-order valence-electron chi connectivity index (χ3n) is 4.06. The molecular weight excluding hydrogens is 478 g/mol. The van der Waals surface area contributed by atoms with Crippen LogP contribution in [-0.4, -0.2) is 35.0 Å². The van der Waals surface area contributed by atoms with E-state index in [9.17, 15) is 14.4 Å². The quantitative estimate of drug-likeness (QED) is 0.359. The van der Waals surface area contributed by atoms with Crippen molar-refractivity contribution >= 4 is 62.3 Å². The van der Waals surface area contributed by atoms with E-state index in [0.29, 0.717) is 28.5 Å². The second-order valence-corrected chi connectivity index (χ2v) is 8.57. The van der Waals surface area contributed by atoms with Crippen LogP contribution in [-0.2, 0) is 4.79 Å². The number of hydrogen-bond acceptors (Lipinski definition) is 5. The molecule has 0 aliphatic carbocycles. The predicted octanol–water partition coefficient (Wildman–Crippen LogP) is 5.81. The largest absolute Gasteiger partial charge is 0.493 e. The first-order valence-electron chi connectivity index (χ1n) is 8.85. The van der Waals surface area contributed by atoms with E-state index in [1.54, 1.807) is 36.4 Å². The molecule has 1 heterocycles. The Bertz CT molecular complexity index is 991. The van der Waals surface area contributed by atoms with Crippen molar-refractivity contribution in [2.75, 3.05) is 13.2 Å². The molecule has 0 N–H and O–H groups in total. The second-order valence-electron chi connectivity index (χ2n) is 6.23. The number of rotatable bonds is 7. The lowest BCUT2D eigenvalue weighted by molar-refractivity contribution is -0.122. The summed E-state index contributed by atoms with van der Waals surface area (Å²) in [7, 11) is 0. The maximum absolute atomic E-state index is 12.7. The molecular formula is C21H17BrClNO4S. The molecule has 5 nitrogen and oxygen atoms in total. The maximum atomic E-state index is 12.7. The molecule has 0 aromatic heterocycles. The Morgan fingerprint density at radius 1 is 1.21 bits per heavy atom. The topological polar surface area (TPSA) is 63.7 Å². The third-order valence-corrected chi connectivity index (χ3v) is 5.71. The van der Waals surface area contributed by atoms with Crippen LogP contribution in [0.25, 0.3) is 6.08 Å². The fourth-order valence-corrected chi connectivity index (χ4v) is 3.96. The Hall–Kier alpha value is -2.09. The number of thioether (sulfide) groups is 1. The Morgan fingerprint density at radius 3 is 2.62 bits per heavy atom. The average molecular weight is 495 g/mol. The van der Waals surface area contributed by atoms with E-state index in [1.807, 2.05) is 19.1 Å². The first-order chi connectivity index (χ1) is 13.9. The van der Waals surface area contributed by atoms with Gasteiger partial charge in [0.05, 0.1) is 18.1 Å². The standard InChI is InChI=1S/C21H17BrClNO4S/c1-2-9-28-18-8-5-15(22)10-14(18)11-19-20(26)24(21(27)29-19)12-17(25)13-3-6-16(23)7-4-13/h3-8,10-11H,2,9,12H2,1H3/b19-11+.